The second kappa shape index (κ2) is 9.90. The molecule has 33 heavy (non-hydrogen) atoms. The van der Waals surface area contributed by atoms with Crippen LogP contribution in [0, 0.1) is 0 Å². The van der Waals surface area contributed by atoms with E-state index in [0.717, 1.165) is 43.0 Å². The van der Waals surface area contributed by atoms with Gasteiger partial charge in [-0.25, -0.2) is 0 Å². The van der Waals surface area contributed by atoms with Gasteiger partial charge >= 0.3 is 0 Å². The van der Waals surface area contributed by atoms with E-state index in [2.05, 4.69) is 72.8 Å². The first-order valence-corrected chi connectivity index (χ1v) is 12.4. The fourth-order valence-corrected chi connectivity index (χ4v) is 5.98. The van der Waals surface area contributed by atoms with Gasteiger partial charge < -0.3 is 25.0 Å². The van der Waals surface area contributed by atoms with Gasteiger partial charge in [0.1, 0.15) is 0 Å². The van der Waals surface area contributed by atoms with E-state index in [4.69, 9.17) is 21.7 Å². The summed E-state index contributed by atoms with van der Waals surface area (Å²) in [6.45, 7) is 5.52. The zero-order chi connectivity index (χ0) is 23.6. The Hall–Kier alpha value is -2.31. The van der Waals surface area contributed by atoms with Gasteiger partial charge in [0, 0.05) is 23.2 Å². The van der Waals surface area contributed by atoms with Gasteiger partial charge in [0.2, 0.25) is 0 Å². The summed E-state index contributed by atoms with van der Waals surface area (Å²) in [7, 11) is 5.65. The van der Waals surface area contributed by atoms with Crippen LogP contribution in [0.25, 0.3) is 0 Å². The van der Waals surface area contributed by atoms with Crippen LogP contribution in [0.1, 0.15) is 56.6 Å². The lowest BCUT2D eigenvalue weighted by Crippen LogP contribution is -2.52. The third-order valence-corrected chi connectivity index (χ3v) is 7.88. The second-order valence-corrected chi connectivity index (χ2v) is 10.2. The van der Waals surface area contributed by atoms with Crippen molar-refractivity contribution in [2.75, 3.05) is 33.1 Å². The molecule has 2 fully saturated rings. The van der Waals surface area contributed by atoms with Crippen molar-refractivity contribution in [2.45, 2.75) is 62.9 Å². The van der Waals surface area contributed by atoms with Crippen LogP contribution in [-0.2, 0) is 5.41 Å². The van der Waals surface area contributed by atoms with Crippen LogP contribution < -0.4 is 20.1 Å². The summed E-state index contributed by atoms with van der Waals surface area (Å²) in [5, 5.41) is 7.67. The van der Waals surface area contributed by atoms with E-state index in [9.17, 15) is 0 Å². The monoisotopic (exact) mass is 467 g/mol. The van der Waals surface area contributed by atoms with Gasteiger partial charge in [0.15, 0.2) is 16.6 Å². The number of thiocarbonyl (C=S) groups is 1. The summed E-state index contributed by atoms with van der Waals surface area (Å²) < 4.78 is 11.1. The van der Waals surface area contributed by atoms with E-state index in [1.807, 2.05) is 6.07 Å². The average Bonchev–Trinajstić information content (AvgIpc) is 3.16. The minimum atomic E-state index is 0.147. The maximum Gasteiger partial charge on any atom is 0.170 e. The third-order valence-electron chi connectivity index (χ3n) is 7.66. The summed E-state index contributed by atoms with van der Waals surface area (Å²) in [6, 6.07) is 15.8. The van der Waals surface area contributed by atoms with Gasteiger partial charge in [-0.2, -0.15) is 0 Å². The molecule has 1 saturated heterocycles. The summed E-state index contributed by atoms with van der Waals surface area (Å²) in [4.78, 5) is 2.52. The molecular formula is C27H37N3O2S. The van der Waals surface area contributed by atoms with Crippen molar-refractivity contribution < 1.29 is 9.47 Å². The Morgan fingerprint density at radius 1 is 1.06 bits per heavy atom. The highest BCUT2D eigenvalue weighted by Crippen LogP contribution is 2.49. The predicted octanol–water partition coefficient (Wildman–Crippen LogP) is 5.31. The molecule has 1 heterocycles. The molecule has 2 aliphatic rings. The van der Waals surface area contributed by atoms with Crippen LogP contribution in [0.2, 0.25) is 0 Å². The molecule has 2 N–H and O–H groups in total. The van der Waals surface area contributed by atoms with E-state index < -0.39 is 0 Å². The minimum Gasteiger partial charge on any atom is -0.493 e. The molecule has 0 unspecified atom stereocenters. The molecule has 0 bridgehead atoms. The maximum absolute atomic E-state index is 5.67. The minimum absolute atomic E-state index is 0.147. The number of benzene rings is 2. The number of rotatable bonds is 6. The van der Waals surface area contributed by atoms with Crippen molar-refractivity contribution in [3.8, 4) is 11.5 Å². The van der Waals surface area contributed by atoms with E-state index >= 15 is 0 Å². The summed E-state index contributed by atoms with van der Waals surface area (Å²) >= 11 is 5.67. The highest BCUT2D eigenvalue weighted by molar-refractivity contribution is 7.80. The predicted molar refractivity (Wildman–Crippen MR) is 140 cm³/mol. The molecule has 1 saturated carbocycles. The lowest BCUT2D eigenvalue weighted by atomic mass is 9.65. The number of nitrogens with one attached hydrogen (secondary N) is 2. The number of hydrogen-bond donors (Lipinski definition) is 2. The van der Waals surface area contributed by atoms with Crippen molar-refractivity contribution in [2.24, 2.45) is 0 Å². The van der Waals surface area contributed by atoms with Crippen molar-refractivity contribution in [1.29, 1.82) is 0 Å². The van der Waals surface area contributed by atoms with Crippen LogP contribution >= 0.6 is 12.2 Å². The quantitative estimate of drug-likeness (QED) is 0.562. The number of likely N-dealkylation sites (tertiary alicyclic amines) is 1. The Labute approximate surface area is 203 Å². The van der Waals surface area contributed by atoms with Crippen molar-refractivity contribution in [3.05, 3.63) is 53.6 Å². The molecule has 2 aromatic rings. The molecule has 0 spiro atoms. The Bertz CT molecular complexity index is 978. The number of likely N-dealkylation sites (N-methyl/N-ethyl adjacent to an activating group) is 1. The van der Waals surface area contributed by atoms with Crippen LogP contribution in [0.15, 0.2) is 42.5 Å². The smallest absolute Gasteiger partial charge is 0.170 e. The van der Waals surface area contributed by atoms with Gasteiger partial charge in [-0.15, -0.1) is 0 Å². The van der Waals surface area contributed by atoms with Gasteiger partial charge in [-0.1, -0.05) is 32.0 Å². The zero-order valence-electron chi connectivity index (χ0n) is 20.5. The fourth-order valence-electron chi connectivity index (χ4n) is 5.70. The molecular weight excluding hydrogens is 430 g/mol. The topological polar surface area (TPSA) is 45.8 Å². The first kappa shape index (κ1) is 23.8. The largest absolute Gasteiger partial charge is 0.493 e. The standard InChI is InChI=1S/C27H37N3O2S/c1-18(2)19-6-9-21(10-7-19)28-26(33)29-22-12-13-27(14-15-30(3)25(27)17-22)20-8-11-23(31-4)24(16-20)32-5/h6-11,16,18,22,25H,12-15,17H2,1-5H3,(H2,28,29,33)/t22-,25+,27-/m0/s1. The zero-order valence-corrected chi connectivity index (χ0v) is 21.3. The Morgan fingerprint density at radius 3 is 2.45 bits per heavy atom. The summed E-state index contributed by atoms with van der Waals surface area (Å²) in [6.07, 6.45) is 4.45. The highest BCUT2D eigenvalue weighted by atomic mass is 32.1. The SMILES string of the molecule is COc1ccc([C@@]23CC[C@H](NC(=S)Nc4ccc(C(C)C)cc4)C[C@H]2N(C)CC3)cc1OC. The molecule has 1 aliphatic heterocycles. The number of fused-ring (bicyclic) bond motifs is 1. The Balaban J connectivity index is 1.44. The molecule has 0 aromatic heterocycles. The lowest BCUT2D eigenvalue weighted by molar-refractivity contribution is 0.161. The number of methoxy groups -OCH3 is 2. The highest BCUT2D eigenvalue weighted by Gasteiger charge is 2.50. The molecule has 0 radical (unpaired) electrons. The number of nitrogens with zero attached hydrogens (tertiary/aromatic N) is 1. The van der Waals surface area contributed by atoms with E-state index in [-0.39, 0.29) is 5.41 Å². The molecule has 6 heteroatoms. The lowest BCUT2D eigenvalue weighted by Gasteiger charge is -2.45. The van der Waals surface area contributed by atoms with Crippen LogP contribution in [-0.4, -0.2) is 49.9 Å². The number of ether oxygens (including phenoxy) is 2. The molecule has 4 rings (SSSR count). The molecule has 178 valence electrons. The number of hydrogen-bond acceptors (Lipinski definition) is 4. The van der Waals surface area contributed by atoms with Crippen molar-refractivity contribution in [1.82, 2.24) is 10.2 Å². The average molecular weight is 468 g/mol. The van der Waals surface area contributed by atoms with E-state index in [0.29, 0.717) is 23.1 Å². The van der Waals surface area contributed by atoms with Gasteiger partial charge in [0.25, 0.3) is 0 Å². The Morgan fingerprint density at radius 2 is 1.79 bits per heavy atom. The van der Waals surface area contributed by atoms with E-state index in [1.54, 1.807) is 14.2 Å². The first-order valence-electron chi connectivity index (χ1n) is 12.0. The van der Waals surface area contributed by atoms with Gasteiger partial charge in [0.05, 0.1) is 14.2 Å². The van der Waals surface area contributed by atoms with Crippen LogP contribution in [0.5, 0.6) is 11.5 Å². The molecule has 0 amide bonds. The van der Waals surface area contributed by atoms with Crippen LogP contribution in [0.4, 0.5) is 5.69 Å². The second-order valence-electron chi connectivity index (χ2n) is 9.82. The molecule has 2 aromatic carbocycles. The van der Waals surface area contributed by atoms with Gasteiger partial charge in [-0.3, -0.25) is 0 Å². The third kappa shape index (κ3) is 4.82. The number of anilines is 1. The Kier molecular flexibility index (Phi) is 7.15. The van der Waals surface area contributed by atoms with Gasteiger partial charge in [-0.05, 0) is 92.8 Å². The molecule has 1 aliphatic carbocycles. The normalized spacial score (nSPS) is 24.9. The fraction of sp³-hybridized carbons (Fsp3) is 0.519. The summed E-state index contributed by atoms with van der Waals surface area (Å²) in [5.74, 6) is 2.13. The summed E-state index contributed by atoms with van der Waals surface area (Å²) in [5.41, 5.74) is 3.88. The first-order chi connectivity index (χ1) is 15.9. The van der Waals surface area contributed by atoms with Crippen molar-refractivity contribution in [3.63, 3.8) is 0 Å². The van der Waals surface area contributed by atoms with E-state index in [1.165, 1.54) is 17.5 Å². The molecule has 5 nitrogen and oxygen atoms in total. The van der Waals surface area contributed by atoms with Crippen LogP contribution in [0.3, 0.4) is 0 Å². The van der Waals surface area contributed by atoms with Crippen molar-refractivity contribution >= 4 is 23.0 Å². The molecule has 3 atom stereocenters. The maximum atomic E-state index is 5.67.